The number of aromatic hydroxyl groups is 1. The highest BCUT2D eigenvalue weighted by Gasteiger charge is 2.10. The van der Waals surface area contributed by atoms with Crippen molar-refractivity contribution in [2.45, 2.75) is 13.8 Å². The Labute approximate surface area is 94.1 Å². The number of halogens is 1. The van der Waals surface area contributed by atoms with Crippen LogP contribution in [0.25, 0.3) is 11.1 Å². The topological polar surface area (TPSA) is 46.3 Å². The summed E-state index contributed by atoms with van der Waals surface area (Å²) in [6, 6.07) is 7.01. The maximum Gasteiger partial charge on any atom is 0.141 e. The van der Waals surface area contributed by atoms with Gasteiger partial charge < -0.3 is 9.63 Å². The summed E-state index contributed by atoms with van der Waals surface area (Å²) in [7, 11) is 0. The number of hydrogen-bond acceptors (Lipinski definition) is 3. The summed E-state index contributed by atoms with van der Waals surface area (Å²) in [6.07, 6.45) is 0. The number of benzene rings is 1. The van der Waals surface area contributed by atoms with Crippen molar-refractivity contribution in [2.75, 3.05) is 0 Å². The summed E-state index contributed by atoms with van der Waals surface area (Å²) in [6.45, 7) is 3.78. The van der Waals surface area contributed by atoms with Crippen molar-refractivity contribution in [1.29, 1.82) is 0 Å². The fourth-order valence-corrected chi connectivity index (χ4v) is 1.52. The Morgan fingerprint density at radius 2 is 1.73 bits per heavy atom. The van der Waals surface area contributed by atoms with Gasteiger partial charge in [-0.25, -0.2) is 0 Å². The number of nitrogens with zero attached hydrogens (tertiary/aromatic N) is 1. The molecule has 0 aliphatic carbocycles. The zero-order chi connectivity index (χ0) is 10.1. The second-order valence-electron chi connectivity index (χ2n) is 3.25. The number of phenolic OH excluding ortho intramolecular Hbond substituents is 1. The van der Waals surface area contributed by atoms with Gasteiger partial charge in [-0.3, -0.25) is 0 Å². The zero-order valence-corrected chi connectivity index (χ0v) is 9.34. The van der Waals surface area contributed by atoms with Gasteiger partial charge in [-0.15, -0.1) is 12.4 Å². The molecule has 1 aromatic carbocycles. The lowest BCUT2D eigenvalue weighted by Gasteiger charge is -1.99. The van der Waals surface area contributed by atoms with Crippen LogP contribution in [-0.2, 0) is 0 Å². The molecule has 0 unspecified atom stereocenters. The molecule has 15 heavy (non-hydrogen) atoms. The lowest BCUT2D eigenvalue weighted by molar-refractivity contribution is 0.393. The van der Waals surface area contributed by atoms with Gasteiger partial charge in [0.2, 0.25) is 0 Å². The van der Waals surface area contributed by atoms with Crippen LogP contribution in [0.4, 0.5) is 0 Å². The van der Waals surface area contributed by atoms with E-state index in [1.54, 1.807) is 12.1 Å². The van der Waals surface area contributed by atoms with Crippen LogP contribution in [0.2, 0.25) is 0 Å². The quantitative estimate of drug-likeness (QED) is 0.811. The molecule has 0 aliphatic heterocycles. The van der Waals surface area contributed by atoms with Gasteiger partial charge >= 0.3 is 0 Å². The largest absolute Gasteiger partial charge is 0.508 e. The van der Waals surface area contributed by atoms with E-state index < -0.39 is 0 Å². The third kappa shape index (κ3) is 2.13. The summed E-state index contributed by atoms with van der Waals surface area (Å²) < 4.78 is 5.07. The lowest BCUT2D eigenvalue weighted by Crippen LogP contribution is -1.80. The molecular formula is C11H12ClNO2. The zero-order valence-electron chi connectivity index (χ0n) is 8.52. The number of rotatable bonds is 1. The summed E-state index contributed by atoms with van der Waals surface area (Å²) >= 11 is 0. The normalized spacial score (nSPS) is 9.73. The van der Waals surface area contributed by atoms with Gasteiger partial charge in [0.25, 0.3) is 0 Å². The third-order valence-corrected chi connectivity index (χ3v) is 2.19. The number of aromatic nitrogens is 1. The van der Waals surface area contributed by atoms with Crippen molar-refractivity contribution in [3.05, 3.63) is 35.7 Å². The van der Waals surface area contributed by atoms with Crippen LogP contribution in [0.3, 0.4) is 0 Å². The van der Waals surface area contributed by atoms with Crippen molar-refractivity contribution < 1.29 is 9.63 Å². The monoisotopic (exact) mass is 225 g/mol. The Bertz CT molecular complexity index is 429. The third-order valence-electron chi connectivity index (χ3n) is 2.19. The maximum atomic E-state index is 9.15. The highest BCUT2D eigenvalue weighted by atomic mass is 35.5. The van der Waals surface area contributed by atoms with E-state index in [4.69, 9.17) is 9.63 Å². The molecule has 0 bridgehead atoms. The molecule has 4 heteroatoms. The van der Waals surface area contributed by atoms with E-state index in [0.717, 1.165) is 22.6 Å². The maximum absolute atomic E-state index is 9.15. The predicted octanol–water partition coefficient (Wildman–Crippen LogP) is 3.09. The molecular weight excluding hydrogens is 214 g/mol. The highest BCUT2D eigenvalue weighted by molar-refractivity contribution is 5.85. The van der Waals surface area contributed by atoms with Crippen LogP contribution in [-0.4, -0.2) is 10.3 Å². The smallest absolute Gasteiger partial charge is 0.141 e. The Kier molecular flexibility index (Phi) is 3.37. The molecule has 0 fully saturated rings. The predicted molar refractivity (Wildman–Crippen MR) is 60.3 cm³/mol. The van der Waals surface area contributed by atoms with Crippen molar-refractivity contribution in [2.24, 2.45) is 0 Å². The minimum absolute atomic E-state index is 0. The van der Waals surface area contributed by atoms with Crippen LogP contribution in [0.15, 0.2) is 28.8 Å². The Morgan fingerprint density at radius 1 is 1.13 bits per heavy atom. The first-order valence-corrected chi connectivity index (χ1v) is 4.41. The Hall–Kier alpha value is -1.48. The van der Waals surface area contributed by atoms with Gasteiger partial charge in [-0.05, 0) is 31.5 Å². The van der Waals surface area contributed by atoms with Crippen LogP contribution in [0, 0.1) is 13.8 Å². The van der Waals surface area contributed by atoms with Gasteiger partial charge in [0.15, 0.2) is 0 Å². The van der Waals surface area contributed by atoms with Gasteiger partial charge in [0, 0.05) is 5.56 Å². The van der Waals surface area contributed by atoms with Gasteiger partial charge in [-0.1, -0.05) is 17.3 Å². The number of phenols is 1. The van der Waals surface area contributed by atoms with E-state index in [2.05, 4.69) is 5.16 Å². The molecule has 0 amide bonds. The average Bonchev–Trinajstić information content (AvgIpc) is 2.49. The van der Waals surface area contributed by atoms with Crippen LogP contribution in [0.1, 0.15) is 11.5 Å². The summed E-state index contributed by atoms with van der Waals surface area (Å²) in [5.41, 5.74) is 2.89. The first-order chi connectivity index (χ1) is 6.68. The molecule has 2 aromatic rings. The molecule has 0 saturated heterocycles. The van der Waals surface area contributed by atoms with Crippen LogP contribution < -0.4 is 0 Å². The number of hydrogen-bond donors (Lipinski definition) is 1. The van der Waals surface area contributed by atoms with E-state index in [1.165, 1.54) is 0 Å². The summed E-state index contributed by atoms with van der Waals surface area (Å²) in [5.74, 6) is 1.06. The number of aryl methyl sites for hydroxylation is 2. The van der Waals surface area contributed by atoms with E-state index in [1.807, 2.05) is 26.0 Å². The summed E-state index contributed by atoms with van der Waals surface area (Å²) in [4.78, 5) is 0. The molecule has 0 radical (unpaired) electrons. The fourth-order valence-electron chi connectivity index (χ4n) is 1.52. The Morgan fingerprint density at radius 3 is 2.20 bits per heavy atom. The second-order valence-corrected chi connectivity index (χ2v) is 3.25. The molecule has 80 valence electrons. The van der Waals surface area contributed by atoms with Crippen molar-refractivity contribution in [3.8, 4) is 16.9 Å². The van der Waals surface area contributed by atoms with E-state index in [0.29, 0.717) is 0 Å². The van der Waals surface area contributed by atoms with Crippen molar-refractivity contribution in [1.82, 2.24) is 5.16 Å². The molecule has 0 atom stereocenters. The average molecular weight is 226 g/mol. The first kappa shape index (κ1) is 11.6. The van der Waals surface area contributed by atoms with E-state index in [-0.39, 0.29) is 18.2 Å². The van der Waals surface area contributed by atoms with Crippen molar-refractivity contribution >= 4 is 12.4 Å². The molecule has 1 N–H and O–H groups in total. The second kappa shape index (κ2) is 4.36. The first-order valence-electron chi connectivity index (χ1n) is 4.41. The van der Waals surface area contributed by atoms with Gasteiger partial charge in [0.05, 0.1) is 5.69 Å². The molecule has 1 aromatic heterocycles. The molecule has 2 rings (SSSR count). The minimum Gasteiger partial charge on any atom is -0.508 e. The van der Waals surface area contributed by atoms with Crippen LogP contribution in [0.5, 0.6) is 5.75 Å². The molecule has 0 spiro atoms. The summed E-state index contributed by atoms with van der Waals surface area (Å²) in [5, 5.41) is 13.0. The van der Waals surface area contributed by atoms with Crippen LogP contribution >= 0.6 is 12.4 Å². The Balaban J connectivity index is 0.00000112. The molecule has 0 saturated carbocycles. The van der Waals surface area contributed by atoms with Gasteiger partial charge in [-0.2, -0.15) is 0 Å². The molecule has 1 heterocycles. The SMILES string of the molecule is Cc1noc(C)c1-c1ccc(O)cc1.Cl. The fraction of sp³-hybridized carbons (Fsp3) is 0.182. The van der Waals surface area contributed by atoms with E-state index >= 15 is 0 Å². The standard InChI is InChI=1S/C11H11NO2.ClH/c1-7-11(8(2)14-12-7)9-3-5-10(13)6-4-9;/h3-6,13H,1-2H3;1H. The van der Waals surface area contributed by atoms with Crippen molar-refractivity contribution in [3.63, 3.8) is 0 Å². The molecule has 0 aliphatic rings. The van der Waals surface area contributed by atoms with E-state index in [9.17, 15) is 0 Å². The molecule has 3 nitrogen and oxygen atoms in total. The minimum atomic E-state index is 0. The lowest BCUT2D eigenvalue weighted by atomic mass is 10.0. The highest BCUT2D eigenvalue weighted by Crippen LogP contribution is 2.27. The van der Waals surface area contributed by atoms with Gasteiger partial charge in [0.1, 0.15) is 11.5 Å².